The van der Waals surface area contributed by atoms with Crippen LogP contribution in [0.25, 0.3) is 0 Å². The quantitative estimate of drug-likeness (QED) is 0.764. The number of rotatable bonds is 6. The lowest BCUT2D eigenvalue weighted by molar-refractivity contribution is -0.141. The van der Waals surface area contributed by atoms with E-state index in [1.165, 1.54) is 0 Å². The maximum absolute atomic E-state index is 10.7. The molecule has 0 aliphatic rings. The summed E-state index contributed by atoms with van der Waals surface area (Å²) in [5.41, 5.74) is 0.964. The number of hydrogen-bond acceptors (Lipinski definition) is 3. The van der Waals surface area contributed by atoms with E-state index in [0.29, 0.717) is 12.2 Å². The second kappa shape index (κ2) is 6.12. The molecule has 4 heteroatoms. The highest BCUT2D eigenvalue weighted by atomic mass is 16.5. The first-order chi connectivity index (χ1) is 7.63. The maximum Gasteiger partial charge on any atom is 0.306 e. The van der Waals surface area contributed by atoms with Gasteiger partial charge < -0.3 is 14.9 Å². The van der Waals surface area contributed by atoms with Gasteiger partial charge in [-0.1, -0.05) is 19.1 Å². The van der Waals surface area contributed by atoms with E-state index >= 15 is 0 Å². The van der Waals surface area contributed by atoms with Crippen molar-refractivity contribution in [3.8, 4) is 5.75 Å². The molecule has 1 rings (SSSR count). The second-order valence-corrected chi connectivity index (χ2v) is 3.66. The summed E-state index contributed by atoms with van der Waals surface area (Å²) >= 11 is 0. The van der Waals surface area contributed by atoms with Crippen molar-refractivity contribution in [3.63, 3.8) is 0 Å². The van der Waals surface area contributed by atoms with Crippen LogP contribution in [0.1, 0.15) is 12.5 Å². The number of ether oxygens (including phenoxy) is 1. The zero-order valence-electron chi connectivity index (χ0n) is 9.22. The third kappa shape index (κ3) is 3.90. The Morgan fingerprint density at radius 1 is 1.38 bits per heavy atom. The number of carbonyl (C=O) groups is 1. The average Bonchev–Trinajstić information content (AvgIpc) is 2.28. The minimum Gasteiger partial charge on any atom is -0.491 e. The lowest BCUT2D eigenvalue weighted by Crippen LogP contribution is -2.12. The Morgan fingerprint density at radius 2 is 2.00 bits per heavy atom. The van der Waals surface area contributed by atoms with Gasteiger partial charge in [0.05, 0.1) is 12.5 Å². The molecule has 0 heterocycles. The van der Waals surface area contributed by atoms with Gasteiger partial charge in [-0.3, -0.25) is 4.79 Å². The SMILES string of the molecule is CC(Cc1ccc(OCCO)cc1)C(=O)O. The molecule has 88 valence electrons. The van der Waals surface area contributed by atoms with Crippen LogP contribution in [0.15, 0.2) is 24.3 Å². The Labute approximate surface area is 94.5 Å². The minimum atomic E-state index is -0.791. The number of benzene rings is 1. The van der Waals surface area contributed by atoms with E-state index in [4.69, 9.17) is 14.9 Å². The highest BCUT2D eigenvalue weighted by molar-refractivity contribution is 5.69. The first-order valence-electron chi connectivity index (χ1n) is 5.19. The standard InChI is InChI=1S/C12H16O4/c1-9(12(14)15)8-10-2-4-11(5-3-10)16-7-6-13/h2-5,9,13H,6-8H2,1H3,(H,14,15). The number of hydrogen-bond donors (Lipinski definition) is 2. The monoisotopic (exact) mass is 224 g/mol. The summed E-state index contributed by atoms with van der Waals surface area (Å²) in [6.45, 7) is 1.93. The van der Waals surface area contributed by atoms with Crippen molar-refractivity contribution in [2.24, 2.45) is 5.92 Å². The van der Waals surface area contributed by atoms with Gasteiger partial charge in [-0.05, 0) is 24.1 Å². The molecular formula is C12H16O4. The molecular weight excluding hydrogens is 208 g/mol. The molecule has 0 saturated carbocycles. The molecule has 0 aliphatic carbocycles. The van der Waals surface area contributed by atoms with Gasteiger partial charge in [0, 0.05) is 0 Å². The van der Waals surface area contributed by atoms with E-state index in [9.17, 15) is 4.79 Å². The smallest absolute Gasteiger partial charge is 0.306 e. The highest BCUT2D eigenvalue weighted by Gasteiger charge is 2.11. The van der Waals surface area contributed by atoms with Crippen LogP contribution in [-0.4, -0.2) is 29.4 Å². The summed E-state index contributed by atoms with van der Waals surface area (Å²) in [5.74, 6) is -0.495. The van der Waals surface area contributed by atoms with Crippen LogP contribution in [0.4, 0.5) is 0 Å². The Bertz CT molecular complexity index is 331. The number of aliphatic hydroxyl groups is 1. The lowest BCUT2D eigenvalue weighted by Gasteiger charge is -2.08. The molecule has 0 fully saturated rings. The lowest BCUT2D eigenvalue weighted by atomic mass is 10.0. The van der Waals surface area contributed by atoms with Gasteiger partial charge in [0.1, 0.15) is 12.4 Å². The summed E-state index contributed by atoms with van der Waals surface area (Å²) in [6.07, 6.45) is 0.510. The molecule has 2 N–H and O–H groups in total. The van der Waals surface area contributed by atoms with Crippen molar-refractivity contribution in [3.05, 3.63) is 29.8 Å². The summed E-state index contributed by atoms with van der Waals surface area (Å²) in [5, 5.41) is 17.3. The summed E-state index contributed by atoms with van der Waals surface area (Å²) in [6, 6.07) is 7.23. The second-order valence-electron chi connectivity index (χ2n) is 3.66. The molecule has 1 unspecified atom stereocenters. The molecule has 0 saturated heterocycles. The van der Waals surface area contributed by atoms with Gasteiger partial charge in [0.25, 0.3) is 0 Å². The Morgan fingerprint density at radius 3 is 2.50 bits per heavy atom. The molecule has 0 amide bonds. The van der Waals surface area contributed by atoms with Crippen molar-refractivity contribution < 1.29 is 19.7 Å². The third-order valence-corrected chi connectivity index (χ3v) is 2.25. The number of carboxylic acid groups (broad SMARTS) is 1. The molecule has 1 aromatic rings. The van der Waals surface area contributed by atoms with Crippen LogP contribution < -0.4 is 4.74 Å². The first-order valence-corrected chi connectivity index (χ1v) is 5.19. The Hall–Kier alpha value is -1.55. The van der Waals surface area contributed by atoms with Crippen LogP contribution >= 0.6 is 0 Å². The van der Waals surface area contributed by atoms with E-state index in [2.05, 4.69) is 0 Å². The average molecular weight is 224 g/mol. The van der Waals surface area contributed by atoms with Crippen LogP contribution in [0, 0.1) is 5.92 Å². The predicted molar refractivity (Wildman–Crippen MR) is 59.5 cm³/mol. The molecule has 4 nitrogen and oxygen atoms in total. The van der Waals surface area contributed by atoms with E-state index in [0.717, 1.165) is 5.56 Å². The molecule has 0 radical (unpaired) electrons. The fourth-order valence-corrected chi connectivity index (χ4v) is 1.33. The predicted octanol–water partition coefficient (Wildman–Crippen LogP) is 1.32. The normalized spacial score (nSPS) is 12.1. The van der Waals surface area contributed by atoms with E-state index in [1.54, 1.807) is 19.1 Å². The molecule has 0 spiro atoms. The largest absolute Gasteiger partial charge is 0.491 e. The number of carboxylic acids is 1. The van der Waals surface area contributed by atoms with Crippen LogP contribution in [-0.2, 0) is 11.2 Å². The molecule has 1 aromatic carbocycles. The molecule has 0 aromatic heterocycles. The van der Waals surface area contributed by atoms with Crippen molar-refractivity contribution >= 4 is 5.97 Å². The van der Waals surface area contributed by atoms with Gasteiger partial charge in [0.15, 0.2) is 0 Å². The molecule has 0 bridgehead atoms. The fraction of sp³-hybridized carbons (Fsp3) is 0.417. The molecule has 0 aliphatic heterocycles. The summed E-state index contributed by atoms with van der Waals surface area (Å²) in [4.78, 5) is 10.7. The van der Waals surface area contributed by atoms with Gasteiger partial charge in [-0.25, -0.2) is 0 Å². The van der Waals surface area contributed by atoms with E-state index in [1.807, 2.05) is 12.1 Å². The number of aliphatic carboxylic acids is 1. The summed E-state index contributed by atoms with van der Waals surface area (Å²) in [7, 11) is 0. The van der Waals surface area contributed by atoms with Gasteiger partial charge >= 0.3 is 5.97 Å². The van der Waals surface area contributed by atoms with Crippen molar-refractivity contribution in [1.29, 1.82) is 0 Å². The molecule has 1 atom stereocenters. The Balaban J connectivity index is 2.54. The third-order valence-electron chi connectivity index (χ3n) is 2.25. The van der Waals surface area contributed by atoms with E-state index < -0.39 is 5.97 Å². The fourth-order valence-electron chi connectivity index (χ4n) is 1.33. The minimum absolute atomic E-state index is 0.0161. The zero-order valence-corrected chi connectivity index (χ0v) is 9.22. The first kappa shape index (κ1) is 12.5. The molecule has 16 heavy (non-hydrogen) atoms. The van der Waals surface area contributed by atoms with Gasteiger partial charge in [-0.2, -0.15) is 0 Å². The Kier molecular flexibility index (Phi) is 4.79. The van der Waals surface area contributed by atoms with Crippen molar-refractivity contribution in [2.45, 2.75) is 13.3 Å². The van der Waals surface area contributed by atoms with E-state index in [-0.39, 0.29) is 19.1 Å². The van der Waals surface area contributed by atoms with Crippen LogP contribution in [0.5, 0.6) is 5.75 Å². The summed E-state index contributed by atoms with van der Waals surface area (Å²) < 4.78 is 5.20. The van der Waals surface area contributed by atoms with Crippen LogP contribution in [0.3, 0.4) is 0 Å². The topological polar surface area (TPSA) is 66.8 Å². The highest BCUT2D eigenvalue weighted by Crippen LogP contribution is 2.15. The van der Waals surface area contributed by atoms with Gasteiger partial charge in [0.2, 0.25) is 0 Å². The van der Waals surface area contributed by atoms with Crippen LogP contribution in [0.2, 0.25) is 0 Å². The van der Waals surface area contributed by atoms with Crippen molar-refractivity contribution in [2.75, 3.05) is 13.2 Å². The van der Waals surface area contributed by atoms with Crippen molar-refractivity contribution in [1.82, 2.24) is 0 Å². The zero-order chi connectivity index (χ0) is 12.0. The van der Waals surface area contributed by atoms with Gasteiger partial charge in [-0.15, -0.1) is 0 Å². The number of aliphatic hydroxyl groups excluding tert-OH is 1. The maximum atomic E-state index is 10.7.